The lowest BCUT2D eigenvalue weighted by molar-refractivity contribution is 0.614. The molecule has 0 heterocycles. The molecule has 0 aromatic heterocycles. The Kier molecular flexibility index (Phi) is 4.18. The standard InChI is InChI=1S/C12H16ClN/c1-9-4-6-12(7-5-9)11(3)14-8-10(2)13/h4-7,11,14H,2,8H2,1,3H3/t11-/m1/s1. The molecule has 2 heteroatoms. The lowest BCUT2D eigenvalue weighted by Crippen LogP contribution is -2.19. The number of nitrogens with one attached hydrogen (secondary N) is 1. The maximum atomic E-state index is 5.68. The molecule has 0 bridgehead atoms. The average Bonchev–Trinajstić information content (AvgIpc) is 2.15. The molecule has 0 amide bonds. The van der Waals surface area contributed by atoms with Crippen LogP contribution in [0.2, 0.25) is 0 Å². The first-order chi connectivity index (χ1) is 6.59. The van der Waals surface area contributed by atoms with Crippen molar-refractivity contribution in [2.45, 2.75) is 19.9 Å². The van der Waals surface area contributed by atoms with E-state index in [-0.39, 0.29) is 0 Å². The van der Waals surface area contributed by atoms with Crippen molar-refractivity contribution in [3.05, 3.63) is 47.0 Å². The average molecular weight is 210 g/mol. The predicted octanol–water partition coefficient (Wildman–Crippen LogP) is 3.40. The SMILES string of the molecule is C=C(Cl)CN[C@H](C)c1ccc(C)cc1. The monoisotopic (exact) mass is 209 g/mol. The van der Waals surface area contributed by atoms with E-state index in [0.29, 0.717) is 17.6 Å². The van der Waals surface area contributed by atoms with Crippen molar-refractivity contribution in [3.8, 4) is 0 Å². The first-order valence-electron chi connectivity index (χ1n) is 4.73. The van der Waals surface area contributed by atoms with Gasteiger partial charge in [-0.2, -0.15) is 0 Å². The molecule has 1 aromatic carbocycles. The Morgan fingerprint density at radius 3 is 2.50 bits per heavy atom. The highest BCUT2D eigenvalue weighted by Gasteiger charge is 2.03. The van der Waals surface area contributed by atoms with Gasteiger partial charge in [0.05, 0.1) is 0 Å². The second-order valence-electron chi connectivity index (χ2n) is 3.53. The molecule has 0 fully saturated rings. The molecular formula is C12H16ClN. The Bertz CT molecular complexity index is 303. The van der Waals surface area contributed by atoms with Crippen molar-refractivity contribution >= 4 is 11.6 Å². The van der Waals surface area contributed by atoms with Gasteiger partial charge < -0.3 is 5.32 Å². The van der Waals surface area contributed by atoms with Crippen LogP contribution in [0.15, 0.2) is 35.9 Å². The Labute approximate surface area is 90.8 Å². The lowest BCUT2D eigenvalue weighted by atomic mass is 10.1. The van der Waals surface area contributed by atoms with Crippen LogP contribution < -0.4 is 5.32 Å². The number of aryl methyl sites for hydroxylation is 1. The summed E-state index contributed by atoms with van der Waals surface area (Å²) >= 11 is 5.68. The fraction of sp³-hybridized carbons (Fsp3) is 0.333. The van der Waals surface area contributed by atoms with Gasteiger partial charge in [0.15, 0.2) is 0 Å². The van der Waals surface area contributed by atoms with E-state index >= 15 is 0 Å². The number of hydrogen-bond donors (Lipinski definition) is 1. The van der Waals surface area contributed by atoms with Gasteiger partial charge in [0, 0.05) is 17.6 Å². The topological polar surface area (TPSA) is 12.0 Å². The van der Waals surface area contributed by atoms with E-state index in [1.165, 1.54) is 11.1 Å². The molecule has 0 saturated carbocycles. The normalized spacial score (nSPS) is 12.5. The molecule has 1 atom stereocenters. The summed E-state index contributed by atoms with van der Waals surface area (Å²) in [5, 5.41) is 3.93. The third-order valence-corrected chi connectivity index (χ3v) is 2.31. The van der Waals surface area contributed by atoms with Crippen LogP contribution in [-0.2, 0) is 0 Å². The highest BCUT2D eigenvalue weighted by molar-refractivity contribution is 6.29. The zero-order chi connectivity index (χ0) is 10.6. The van der Waals surface area contributed by atoms with Crippen molar-refractivity contribution in [2.24, 2.45) is 0 Å². The van der Waals surface area contributed by atoms with Gasteiger partial charge in [-0.3, -0.25) is 0 Å². The van der Waals surface area contributed by atoms with E-state index < -0.39 is 0 Å². The predicted molar refractivity (Wildman–Crippen MR) is 62.6 cm³/mol. The van der Waals surface area contributed by atoms with Crippen molar-refractivity contribution in [2.75, 3.05) is 6.54 Å². The summed E-state index contributed by atoms with van der Waals surface area (Å²) in [6.45, 7) is 8.49. The lowest BCUT2D eigenvalue weighted by Gasteiger charge is -2.13. The minimum atomic E-state index is 0.311. The van der Waals surface area contributed by atoms with Crippen LogP contribution >= 0.6 is 11.6 Å². The summed E-state index contributed by atoms with van der Waals surface area (Å²) in [6.07, 6.45) is 0. The number of halogens is 1. The Hall–Kier alpha value is -0.790. The van der Waals surface area contributed by atoms with Gasteiger partial charge in [0.25, 0.3) is 0 Å². The summed E-state index contributed by atoms with van der Waals surface area (Å²) in [5.74, 6) is 0. The van der Waals surface area contributed by atoms with E-state index in [1.54, 1.807) is 0 Å². The van der Waals surface area contributed by atoms with Crippen LogP contribution in [0.4, 0.5) is 0 Å². The smallest absolute Gasteiger partial charge is 0.0313 e. The highest BCUT2D eigenvalue weighted by atomic mass is 35.5. The summed E-state index contributed by atoms with van der Waals surface area (Å²) in [4.78, 5) is 0. The van der Waals surface area contributed by atoms with Gasteiger partial charge in [0.2, 0.25) is 0 Å². The van der Waals surface area contributed by atoms with Gasteiger partial charge >= 0.3 is 0 Å². The van der Waals surface area contributed by atoms with E-state index in [0.717, 1.165) is 0 Å². The molecule has 1 aromatic rings. The summed E-state index contributed by atoms with van der Waals surface area (Å²) in [7, 11) is 0. The molecule has 0 aliphatic carbocycles. The van der Waals surface area contributed by atoms with Crippen LogP contribution in [0.1, 0.15) is 24.1 Å². The van der Waals surface area contributed by atoms with Gasteiger partial charge in [-0.05, 0) is 19.4 Å². The van der Waals surface area contributed by atoms with Gasteiger partial charge in [-0.1, -0.05) is 48.0 Å². The third-order valence-electron chi connectivity index (χ3n) is 2.18. The molecule has 1 rings (SSSR count). The fourth-order valence-electron chi connectivity index (χ4n) is 1.24. The first kappa shape index (κ1) is 11.3. The van der Waals surface area contributed by atoms with Gasteiger partial charge in [0.1, 0.15) is 0 Å². The van der Waals surface area contributed by atoms with E-state index in [2.05, 4.69) is 50.0 Å². The minimum absolute atomic E-state index is 0.311. The van der Waals surface area contributed by atoms with Crippen molar-refractivity contribution in [1.82, 2.24) is 5.32 Å². The maximum Gasteiger partial charge on any atom is 0.0313 e. The molecule has 0 radical (unpaired) electrons. The molecule has 1 N–H and O–H groups in total. The zero-order valence-electron chi connectivity index (χ0n) is 8.68. The van der Waals surface area contributed by atoms with Crippen LogP contribution in [-0.4, -0.2) is 6.54 Å². The van der Waals surface area contributed by atoms with Crippen LogP contribution in [0.3, 0.4) is 0 Å². The van der Waals surface area contributed by atoms with Crippen molar-refractivity contribution < 1.29 is 0 Å². The van der Waals surface area contributed by atoms with E-state index in [1.807, 2.05) is 0 Å². The molecule has 1 nitrogen and oxygen atoms in total. The second-order valence-corrected chi connectivity index (χ2v) is 4.07. The largest absolute Gasteiger partial charge is 0.305 e. The van der Waals surface area contributed by atoms with Crippen LogP contribution in [0.5, 0.6) is 0 Å². The van der Waals surface area contributed by atoms with Crippen molar-refractivity contribution in [1.29, 1.82) is 0 Å². The summed E-state index contributed by atoms with van der Waals surface area (Å²) in [5.41, 5.74) is 2.55. The number of hydrogen-bond acceptors (Lipinski definition) is 1. The third kappa shape index (κ3) is 3.52. The quantitative estimate of drug-likeness (QED) is 0.802. The molecule has 76 valence electrons. The number of rotatable bonds is 4. The van der Waals surface area contributed by atoms with Crippen molar-refractivity contribution in [3.63, 3.8) is 0 Å². The first-order valence-corrected chi connectivity index (χ1v) is 5.10. The summed E-state index contributed by atoms with van der Waals surface area (Å²) in [6, 6.07) is 8.80. The summed E-state index contributed by atoms with van der Waals surface area (Å²) < 4.78 is 0. The molecular weight excluding hydrogens is 194 g/mol. The van der Waals surface area contributed by atoms with Gasteiger partial charge in [-0.15, -0.1) is 0 Å². The zero-order valence-corrected chi connectivity index (χ0v) is 9.43. The fourth-order valence-corrected chi connectivity index (χ4v) is 1.31. The van der Waals surface area contributed by atoms with Crippen LogP contribution in [0.25, 0.3) is 0 Å². The highest BCUT2D eigenvalue weighted by Crippen LogP contribution is 2.13. The molecule has 0 spiro atoms. The van der Waals surface area contributed by atoms with E-state index in [9.17, 15) is 0 Å². The van der Waals surface area contributed by atoms with Crippen LogP contribution in [0, 0.1) is 6.92 Å². The Morgan fingerprint density at radius 2 is 2.00 bits per heavy atom. The molecule has 0 aliphatic rings. The second kappa shape index (κ2) is 5.18. The van der Waals surface area contributed by atoms with Gasteiger partial charge in [-0.25, -0.2) is 0 Å². The minimum Gasteiger partial charge on any atom is -0.305 e. The number of benzene rings is 1. The molecule has 14 heavy (non-hydrogen) atoms. The van der Waals surface area contributed by atoms with E-state index in [4.69, 9.17) is 11.6 Å². The molecule has 0 aliphatic heterocycles. The Morgan fingerprint density at radius 1 is 1.43 bits per heavy atom. The molecule has 0 unspecified atom stereocenters. The maximum absolute atomic E-state index is 5.68. The molecule has 0 saturated heterocycles. The Balaban J connectivity index is 2.56.